The minimum Gasteiger partial charge on any atom is -0.484 e. The van der Waals surface area contributed by atoms with Crippen LogP contribution in [0, 0.1) is 18.8 Å². The Bertz CT molecular complexity index is 1330. The summed E-state index contributed by atoms with van der Waals surface area (Å²) in [6.07, 6.45) is -1.81. The number of aliphatic hydroxyl groups excluding tert-OH is 5. The van der Waals surface area contributed by atoms with E-state index in [2.05, 4.69) is 11.4 Å². The maximum atomic E-state index is 12.6. The van der Waals surface area contributed by atoms with E-state index >= 15 is 0 Å². The minimum absolute atomic E-state index is 0.00184. The van der Waals surface area contributed by atoms with Gasteiger partial charge in [-0.2, -0.15) is 0 Å². The van der Waals surface area contributed by atoms with Gasteiger partial charge in [0.25, 0.3) is 0 Å². The molecule has 2 aliphatic heterocycles. The predicted octanol–water partition coefficient (Wildman–Crippen LogP) is -0.370. The first-order valence-corrected chi connectivity index (χ1v) is 13.4. The van der Waals surface area contributed by atoms with Crippen LogP contribution in [0.15, 0.2) is 39.6 Å². The highest BCUT2D eigenvalue weighted by molar-refractivity contribution is 5.80. The molecule has 0 unspecified atom stereocenters. The summed E-state index contributed by atoms with van der Waals surface area (Å²) in [7, 11) is 0. The van der Waals surface area contributed by atoms with E-state index in [0.717, 1.165) is 0 Å². The molecule has 1 aromatic carbocycles. The molecular weight excluding hydrogens is 526 g/mol. The average molecular weight is 562 g/mol. The van der Waals surface area contributed by atoms with Gasteiger partial charge in [0.1, 0.15) is 59.8 Å². The molecule has 1 aliphatic carbocycles. The van der Waals surface area contributed by atoms with Crippen molar-refractivity contribution in [3.63, 3.8) is 0 Å². The molecule has 8 atom stereocenters. The van der Waals surface area contributed by atoms with Gasteiger partial charge in [0.05, 0.1) is 12.0 Å². The van der Waals surface area contributed by atoms with Crippen LogP contribution in [-0.2, 0) is 21.0 Å². The number of allylic oxidation sites excluding steroid dienone is 1. The standard InChI is InChI=1S/C28H35NO11/c1-14-5-19(31)18-6-16-7-24(40-37-13-21(33)27(36)26(35)20(32)12-30)28(39-22(16)9-23(18)38-14)4-2-3-15(10-28)17-8-25(34)29-11-17/h2-3,5-6,9,15,17,20-21,24,26-27,30,32-33,35-36H,4,7-8,10-13H2,1H3,(H,29,34)/t15-,17+,20-,21+,24-,26-,27-,28-/m1/s1. The van der Waals surface area contributed by atoms with Gasteiger partial charge in [0.15, 0.2) is 5.43 Å². The molecule has 3 heterocycles. The molecular formula is C28H35NO11. The second-order valence-corrected chi connectivity index (χ2v) is 11.0. The topological polar surface area (TPSA) is 188 Å². The number of carbonyl (C=O) groups is 1. The lowest BCUT2D eigenvalue weighted by Gasteiger charge is -2.47. The fourth-order valence-electron chi connectivity index (χ4n) is 5.84. The number of nitrogens with one attached hydrogen (secondary N) is 1. The van der Waals surface area contributed by atoms with Crippen molar-refractivity contribution in [1.29, 1.82) is 0 Å². The van der Waals surface area contributed by atoms with Crippen molar-refractivity contribution in [2.75, 3.05) is 19.8 Å². The van der Waals surface area contributed by atoms with E-state index in [1.807, 2.05) is 6.08 Å². The molecule has 0 bridgehead atoms. The SMILES string of the molecule is Cc1cc(=O)c2cc3c(cc2o1)O[C@@]1(CC=C[C@@H]([C@@H]2CNC(=O)C2)C1)[C@H](OOC[C@H](O)[C@@H](O)[C@H](O)[C@H](O)CO)C3. The Morgan fingerprint density at radius 2 is 1.88 bits per heavy atom. The Labute approximate surface area is 229 Å². The van der Waals surface area contributed by atoms with Gasteiger partial charge in [-0.25, -0.2) is 9.78 Å². The van der Waals surface area contributed by atoms with E-state index in [4.69, 9.17) is 24.0 Å². The van der Waals surface area contributed by atoms with Gasteiger partial charge >= 0.3 is 0 Å². The van der Waals surface area contributed by atoms with Crippen molar-refractivity contribution < 1.29 is 49.3 Å². The predicted molar refractivity (Wildman–Crippen MR) is 139 cm³/mol. The summed E-state index contributed by atoms with van der Waals surface area (Å²) in [5, 5.41) is 52.1. The molecule has 2 aromatic rings. The first kappa shape index (κ1) is 28.7. The van der Waals surface area contributed by atoms with Crippen LogP contribution in [0.5, 0.6) is 5.75 Å². The number of carbonyl (C=O) groups excluding carboxylic acids is 1. The molecule has 1 saturated heterocycles. The second-order valence-electron chi connectivity index (χ2n) is 11.0. The third-order valence-corrected chi connectivity index (χ3v) is 8.13. The van der Waals surface area contributed by atoms with Gasteiger partial charge in [-0.3, -0.25) is 9.59 Å². The van der Waals surface area contributed by atoms with Crippen molar-refractivity contribution in [3.8, 4) is 5.75 Å². The number of aliphatic hydroxyl groups is 5. The van der Waals surface area contributed by atoms with Crippen LogP contribution in [0.2, 0.25) is 0 Å². The Kier molecular flexibility index (Phi) is 8.30. The lowest BCUT2D eigenvalue weighted by molar-refractivity contribution is -0.363. The number of hydrogen-bond acceptors (Lipinski definition) is 11. The summed E-state index contributed by atoms with van der Waals surface area (Å²) >= 11 is 0. The van der Waals surface area contributed by atoms with E-state index in [1.54, 1.807) is 19.1 Å². The lowest BCUT2D eigenvalue weighted by Crippen LogP contribution is -2.55. The van der Waals surface area contributed by atoms with E-state index in [0.29, 0.717) is 60.3 Å². The average Bonchev–Trinajstić information content (AvgIpc) is 3.37. The molecule has 1 spiro atoms. The molecule has 6 N–H and O–H groups in total. The molecule has 3 aliphatic rings. The zero-order valence-electron chi connectivity index (χ0n) is 22.1. The zero-order chi connectivity index (χ0) is 28.6. The van der Waals surface area contributed by atoms with Crippen LogP contribution in [0.25, 0.3) is 11.0 Å². The summed E-state index contributed by atoms with van der Waals surface area (Å²) < 4.78 is 12.4. The molecule has 1 amide bonds. The number of benzene rings is 1. The van der Waals surface area contributed by atoms with Crippen molar-refractivity contribution in [3.05, 3.63) is 51.9 Å². The summed E-state index contributed by atoms with van der Waals surface area (Å²) in [5.74, 6) is 1.13. The maximum Gasteiger partial charge on any atom is 0.220 e. The fourth-order valence-corrected chi connectivity index (χ4v) is 5.84. The van der Waals surface area contributed by atoms with Gasteiger partial charge in [-0.15, -0.1) is 0 Å². The number of aryl methyl sites for hydroxylation is 1. The third-order valence-electron chi connectivity index (χ3n) is 8.13. The smallest absolute Gasteiger partial charge is 0.220 e. The van der Waals surface area contributed by atoms with Crippen LogP contribution in [0.4, 0.5) is 0 Å². The Morgan fingerprint density at radius 1 is 1.10 bits per heavy atom. The molecule has 1 aromatic heterocycles. The number of ether oxygens (including phenoxy) is 1. The van der Waals surface area contributed by atoms with Crippen LogP contribution in [-0.4, -0.2) is 87.3 Å². The Hall–Kier alpha value is -2.84. The Morgan fingerprint density at radius 3 is 2.60 bits per heavy atom. The van der Waals surface area contributed by atoms with Crippen LogP contribution >= 0.6 is 0 Å². The number of fused-ring (bicyclic) bond motifs is 2. The van der Waals surface area contributed by atoms with Gasteiger partial charge < -0.3 is 40.0 Å². The Balaban J connectivity index is 1.39. The summed E-state index contributed by atoms with van der Waals surface area (Å²) in [6.45, 7) is 0.916. The molecule has 12 heteroatoms. The quantitative estimate of drug-likeness (QED) is 0.133. The first-order valence-electron chi connectivity index (χ1n) is 13.4. The molecule has 218 valence electrons. The number of hydrogen-bond donors (Lipinski definition) is 6. The maximum absolute atomic E-state index is 12.6. The van der Waals surface area contributed by atoms with E-state index in [-0.39, 0.29) is 23.2 Å². The van der Waals surface area contributed by atoms with Crippen molar-refractivity contribution in [1.82, 2.24) is 5.32 Å². The first-order chi connectivity index (χ1) is 19.1. The monoisotopic (exact) mass is 561 g/mol. The highest BCUT2D eigenvalue weighted by atomic mass is 17.2. The summed E-state index contributed by atoms with van der Waals surface area (Å²) in [4.78, 5) is 35.7. The van der Waals surface area contributed by atoms with Gasteiger partial charge in [-0.05, 0) is 36.8 Å². The molecule has 0 radical (unpaired) electrons. The number of rotatable bonds is 9. The lowest BCUT2D eigenvalue weighted by atomic mass is 9.71. The molecule has 1 fully saturated rings. The van der Waals surface area contributed by atoms with E-state index in [9.17, 15) is 30.0 Å². The molecule has 12 nitrogen and oxygen atoms in total. The normalized spacial score (nSPS) is 29.1. The number of amides is 1. The minimum atomic E-state index is -1.80. The molecule has 0 saturated carbocycles. The highest BCUT2D eigenvalue weighted by Gasteiger charge is 2.50. The van der Waals surface area contributed by atoms with Crippen molar-refractivity contribution in [2.24, 2.45) is 11.8 Å². The molecule has 40 heavy (non-hydrogen) atoms. The van der Waals surface area contributed by atoms with Crippen LogP contribution in [0.3, 0.4) is 0 Å². The zero-order valence-corrected chi connectivity index (χ0v) is 22.1. The van der Waals surface area contributed by atoms with Crippen LogP contribution in [0.1, 0.15) is 30.6 Å². The van der Waals surface area contributed by atoms with Crippen molar-refractivity contribution >= 4 is 16.9 Å². The van der Waals surface area contributed by atoms with Gasteiger partial charge in [0, 0.05) is 37.9 Å². The van der Waals surface area contributed by atoms with Gasteiger partial charge in [0.2, 0.25) is 5.91 Å². The van der Waals surface area contributed by atoms with Gasteiger partial charge in [-0.1, -0.05) is 12.2 Å². The second kappa shape index (κ2) is 11.6. The molecule has 5 rings (SSSR count). The highest BCUT2D eigenvalue weighted by Crippen LogP contribution is 2.46. The summed E-state index contributed by atoms with van der Waals surface area (Å²) in [6, 6.07) is 4.83. The van der Waals surface area contributed by atoms with Crippen molar-refractivity contribution in [2.45, 2.75) is 68.7 Å². The third kappa shape index (κ3) is 5.66. The summed E-state index contributed by atoms with van der Waals surface area (Å²) in [5.41, 5.74) is 0.0132. The van der Waals surface area contributed by atoms with E-state index < -0.39 is 49.3 Å². The van der Waals surface area contributed by atoms with Crippen LogP contribution < -0.4 is 15.5 Å². The van der Waals surface area contributed by atoms with E-state index in [1.165, 1.54) is 6.07 Å². The fraction of sp³-hybridized carbons (Fsp3) is 0.571. The largest absolute Gasteiger partial charge is 0.484 e.